The van der Waals surface area contributed by atoms with E-state index in [9.17, 15) is 14.0 Å². The molecular weight excluding hydrogens is 410 g/mol. The number of hydrogen-bond acceptors (Lipinski definition) is 3. The minimum Gasteiger partial charge on any atom is -0.321 e. The van der Waals surface area contributed by atoms with E-state index in [1.807, 2.05) is 6.07 Å². The molecule has 0 aliphatic carbocycles. The highest BCUT2D eigenvalue weighted by Crippen LogP contribution is 2.32. The summed E-state index contributed by atoms with van der Waals surface area (Å²) < 4.78 is 15.5. The Morgan fingerprint density at radius 2 is 1.89 bits per heavy atom. The average Bonchev–Trinajstić information content (AvgIpc) is 3.08. The van der Waals surface area contributed by atoms with Gasteiger partial charge in [-0.1, -0.05) is 23.2 Å². The van der Waals surface area contributed by atoms with Gasteiger partial charge in [0.15, 0.2) is 0 Å². The normalized spacial score (nSPS) is 11.3. The smallest absolute Gasteiger partial charge is 0.265 e. The van der Waals surface area contributed by atoms with Crippen molar-refractivity contribution in [2.45, 2.75) is 0 Å². The number of halogens is 3. The Hall–Kier alpha value is -2.41. The van der Waals surface area contributed by atoms with E-state index in [2.05, 4.69) is 5.32 Å². The minimum atomic E-state index is -0.565. The highest BCUT2D eigenvalue weighted by atomic mass is 35.5. The van der Waals surface area contributed by atoms with Crippen molar-refractivity contribution in [1.29, 1.82) is 0 Å². The molecule has 0 fully saturated rings. The molecule has 8 heteroatoms. The van der Waals surface area contributed by atoms with E-state index in [1.165, 1.54) is 34.1 Å². The van der Waals surface area contributed by atoms with E-state index in [4.69, 9.17) is 23.2 Å². The number of thiophene rings is 1. The Kier molecular flexibility index (Phi) is 4.42. The quantitative estimate of drug-likeness (QED) is 0.468. The van der Waals surface area contributed by atoms with Gasteiger partial charge in [-0.2, -0.15) is 0 Å². The lowest BCUT2D eigenvalue weighted by Gasteiger charge is -2.06. The van der Waals surface area contributed by atoms with Crippen LogP contribution in [0.1, 0.15) is 9.67 Å². The first-order chi connectivity index (χ1) is 12.8. The van der Waals surface area contributed by atoms with Gasteiger partial charge in [0.1, 0.15) is 5.82 Å². The summed E-state index contributed by atoms with van der Waals surface area (Å²) in [6, 6.07) is 10.8. The summed E-state index contributed by atoms with van der Waals surface area (Å²) in [6.07, 6.45) is 0. The van der Waals surface area contributed by atoms with Crippen molar-refractivity contribution < 1.29 is 9.18 Å². The second kappa shape index (κ2) is 6.64. The van der Waals surface area contributed by atoms with E-state index in [0.29, 0.717) is 31.2 Å². The first-order valence-corrected chi connectivity index (χ1v) is 9.40. The summed E-state index contributed by atoms with van der Waals surface area (Å²) in [5.41, 5.74) is 0.854. The first-order valence-electron chi connectivity index (χ1n) is 7.83. The fraction of sp³-hybridized carbons (Fsp3) is 0.0526. The van der Waals surface area contributed by atoms with Gasteiger partial charge >= 0.3 is 0 Å². The molecule has 0 spiro atoms. The van der Waals surface area contributed by atoms with Gasteiger partial charge in [-0.05, 0) is 42.5 Å². The molecule has 1 amide bonds. The van der Waals surface area contributed by atoms with Crippen LogP contribution in [-0.4, -0.2) is 10.5 Å². The van der Waals surface area contributed by atoms with Crippen LogP contribution < -0.4 is 10.9 Å². The second-order valence-electron chi connectivity index (χ2n) is 5.96. The molecule has 4 nitrogen and oxygen atoms in total. The Bertz CT molecular complexity index is 1300. The fourth-order valence-electron chi connectivity index (χ4n) is 2.89. The zero-order valence-corrected chi connectivity index (χ0v) is 16.2. The highest BCUT2D eigenvalue weighted by Gasteiger charge is 2.17. The molecule has 136 valence electrons. The van der Waals surface area contributed by atoms with Gasteiger partial charge in [-0.15, -0.1) is 11.3 Å². The van der Waals surface area contributed by atoms with Crippen LogP contribution in [0, 0.1) is 5.82 Å². The number of anilines is 1. The first kappa shape index (κ1) is 18.0. The van der Waals surface area contributed by atoms with E-state index >= 15 is 0 Å². The Morgan fingerprint density at radius 1 is 1.11 bits per heavy atom. The van der Waals surface area contributed by atoms with Gasteiger partial charge in [0.05, 0.1) is 20.8 Å². The molecular formula is C19H11Cl2FN2O2S. The third-order valence-corrected chi connectivity index (χ3v) is 5.93. The molecule has 0 aliphatic rings. The summed E-state index contributed by atoms with van der Waals surface area (Å²) in [4.78, 5) is 25.6. The van der Waals surface area contributed by atoms with Gasteiger partial charge in [0, 0.05) is 27.8 Å². The molecule has 0 unspecified atom stereocenters. The predicted molar refractivity (Wildman–Crippen MR) is 109 cm³/mol. The van der Waals surface area contributed by atoms with Crippen LogP contribution in [0.2, 0.25) is 10.0 Å². The number of nitrogens with zero attached hydrogens (tertiary/aromatic N) is 1. The number of amides is 1. The number of nitrogens with one attached hydrogen (secondary N) is 1. The molecule has 4 aromatic rings. The van der Waals surface area contributed by atoms with Crippen LogP contribution in [0.4, 0.5) is 10.1 Å². The molecule has 0 aliphatic heterocycles. The third-order valence-electron chi connectivity index (χ3n) is 4.23. The van der Waals surface area contributed by atoms with Crippen molar-refractivity contribution in [1.82, 2.24) is 4.57 Å². The van der Waals surface area contributed by atoms with Gasteiger partial charge in [0.25, 0.3) is 11.5 Å². The monoisotopic (exact) mass is 420 g/mol. The molecule has 0 bridgehead atoms. The van der Waals surface area contributed by atoms with Gasteiger partial charge in [0.2, 0.25) is 0 Å². The van der Waals surface area contributed by atoms with E-state index in [-0.39, 0.29) is 10.6 Å². The molecule has 2 heterocycles. The molecule has 0 saturated carbocycles. The molecule has 0 radical (unpaired) electrons. The van der Waals surface area contributed by atoms with Crippen molar-refractivity contribution in [2.24, 2.45) is 7.05 Å². The van der Waals surface area contributed by atoms with E-state index < -0.39 is 11.7 Å². The largest absolute Gasteiger partial charge is 0.321 e. The molecule has 2 aromatic heterocycles. The van der Waals surface area contributed by atoms with Crippen LogP contribution in [0.15, 0.2) is 47.3 Å². The molecule has 0 saturated heterocycles. The number of carbonyl (C=O) groups is 1. The molecule has 27 heavy (non-hydrogen) atoms. The molecule has 0 atom stereocenters. The van der Waals surface area contributed by atoms with Crippen LogP contribution >= 0.6 is 34.5 Å². The predicted octanol–water partition coefficient (Wildman–Crippen LogP) is 5.45. The number of aryl methyl sites for hydroxylation is 1. The lowest BCUT2D eigenvalue weighted by Crippen LogP contribution is -2.16. The third kappa shape index (κ3) is 3.10. The Labute approximate surface area is 166 Å². The number of hydrogen-bond donors (Lipinski definition) is 1. The van der Waals surface area contributed by atoms with E-state index in [1.54, 1.807) is 25.2 Å². The maximum Gasteiger partial charge on any atom is 0.265 e. The molecule has 1 N–H and O–H groups in total. The molecule has 2 aromatic carbocycles. The van der Waals surface area contributed by atoms with Crippen LogP contribution in [0.25, 0.3) is 21.0 Å². The van der Waals surface area contributed by atoms with Crippen LogP contribution in [0.5, 0.6) is 0 Å². The standard InChI is InChI=1S/C19H11Cl2FN2O2S/c1-24-15-6-9(20)2-4-11(15)17-12(19(24)26)8-16(27-17)18(25)23-10-3-5-14(22)13(21)7-10/h2-8H,1H3,(H,23,25). The second-order valence-corrected chi connectivity index (χ2v) is 7.86. The zero-order chi connectivity index (χ0) is 19.3. The summed E-state index contributed by atoms with van der Waals surface area (Å²) in [7, 11) is 1.67. The maximum absolute atomic E-state index is 13.3. The average molecular weight is 421 g/mol. The van der Waals surface area contributed by atoms with Gasteiger partial charge in [-0.25, -0.2) is 4.39 Å². The van der Waals surface area contributed by atoms with Crippen molar-refractivity contribution in [3.8, 4) is 0 Å². The number of benzene rings is 2. The number of aromatic nitrogens is 1. The van der Waals surface area contributed by atoms with Crippen LogP contribution in [-0.2, 0) is 7.05 Å². The SMILES string of the molecule is Cn1c(=O)c2cc(C(=O)Nc3ccc(F)c(Cl)c3)sc2c2ccc(Cl)cc21. The summed E-state index contributed by atoms with van der Waals surface area (Å²) in [6.45, 7) is 0. The highest BCUT2D eigenvalue weighted by molar-refractivity contribution is 7.21. The van der Waals surface area contributed by atoms with Gasteiger partial charge in [-0.3, -0.25) is 9.59 Å². The lowest BCUT2D eigenvalue weighted by molar-refractivity contribution is 0.103. The van der Waals surface area contributed by atoms with Crippen LogP contribution in [0.3, 0.4) is 0 Å². The number of fused-ring (bicyclic) bond motifs is 3. The number of pyridine rings is 1. The van der Waals surface area contributed by atoms with Gasteiger partial charge < -0.3 is 9.88 Å². The Morgan fingerprint density at radius 3 is 2.63 bits per heavy atom. The minimum absolute atomic E-state index is 0.0825. The summed E-state index contributed by atoms with van der Waals surface area (Å²) in [5.74, 6) is -0.965. The zero-order valence-electron chi connectivity index (χ0n) is 13.8. The number of rotatable bonds is 2. The Balaban J connectivity index is 1.82. The summed E-state index contributed by atoms with van der Waals surface area (Å²) in [5, 5.41) is 4.41. The topological polar surface area (TPSA) is 51.1 Å². The maximum atomic E-state index is 13.3. The van der Waals surface area contributed by atoms with Crippen molar-refractivity contribution in [3.63, 3.8) is 0 Å². The fourth-order valence-corrected chi connectivity index (χ4v) is 4.32. The van der Waals surface area contributed by atoms with Crippen molar-refractivity contribution in [3.05, 3.63) is 73.6 Å². The lowest BCUT2D eigenvalue weighted by atomic mass is 10.1. The van der Waals surface area contributed by atoms with E-state index in [0.717, 1.165) is 5.39 Å². The number of carbonyl (C=O) groups excluding carboxylic acids is 1. The molecule has 4 rings (SSSR count). The van der Waals surface area contributed by atoms with Crippen molar-refractivity contribution >= 4 is 67.1 Å². The van der Waals surface area contributed by atoms with Crippen molar-refractivity contribution in [2.75, 3.05) is 5.32 Å². The summed E-state index contributed by atoms with van der Waals surface area (Å²) >= 11 is 13.0.